The van der Waals surface area contributed by atoms with Crippen molar-refractivity contribution in [2.75, 3.05) is 6.54 Å². The number of carbonyl (C=O) groups is 2. The van der Waals surface area contributed by atoms with Gasteiger partial charge >= 0.3 is 0 Å². The summed E-state index contributed by atoms with van der Waals surface area (Å²) in [5.41, 5.74) is 0. The van der Waals surface area contributed by atoms with E-state index in [2.05, 4.69) is 24.5 Å². The summed E-state index contributed by atoms with van der Waals surface area (Å²) in [5, 5.41) is 6.01. The lowest BCUT2D eigenvalue weighted by Gasteiger charge is -2.15. The van der Waals surface area contributed by atoms with Crippen molar-refractivity contribution in [1.29, 1.82) is 0 Å². The second kappa shape index (κ2) is 27.5. The van der Waals surface area contributed by atoms with Crippen molar-refractivity contribution in [3.63, 3.8) is 0 Å². The third-order valence-corrected chi connectivity index (χ3v) is 7.03. The maximum absolute atomic E-state index is 12.1. The first-order valence-electron chi connectivity index (χ1n) is 15.7. The van der Waals surface area contributed by atoms with Crippen molar-refractivity contribution >= 4 is 11.8 Å². The number of nitrogens with one attached hydrogen (secondary N) is 2. The molecule has 1 unspecified atom stereocenters. The molecule has 2 amide bonds. The van der Waals surface area contributed by atoms with E-state index >= 15 is 0 Å². The number of unbranched alkanes of at least 4 members (excludes halogenated alkanes) is 20. The van der Waals surface area contributed by atoms with E-state index in [0.29, 0.717) is 19.4 Å². The molecule has 0 aliphatic carbocycles. The van der Waals surface area contributed by atoms with Gasteiger partial charge in [-0.15, -0.1) is 0 Å². The normalized spacial score (nSPS) is 12.0. The van der Waals surface area contributed by atoms with E-state index in [1.165, 1.54) is 116 Å². The van der Waals surface area contributed by atoms with Crippen molar-refractivity contribution < 1.29 is 9.59 Å². The number of amides is 2. The average molecular weight is 495 g/mol. The molecule has 4 nitrogen and oxygen atoms in total. The maximum atomic E-state index is 12.1. The number of hydrogen-bond acceptors (Lipinski definition) is 2. The Bertz CT molecular complexity index is 467. The standard InChI is InChI=1S/C31H62N2O2/c1-4-6-8-10-12-14-16-18-20-22-24-26-30(34)32-28-29(3)33-31(35)27-25-23-21-19-17-15-13-11-9-7-5-2/h29H,4-28H2,1-3H3,(H,32,34)(H,33,35). The fourth-order valence-corrected chi connectivity index (χ4v) is 4.65. The summed E-state index contributed by atoms with van der Waals surface area (Å²) in [6.07, 6.45) is 29.7. The summed E-state index contributed by atoms with van der Waals surface area (Å²) in [7, 11) is 0. The van der Waals surface area contributed by atoms with Gasteiger partial charge in [0.1, 0.15) is 0 Å². The molecule has 1 atom stereocenters. The molecule has 0 rings (SSSR count). The van der Waals surface area contributed by atoms with Crippen LogP contribution in [0.25, 0.3) is 0 Å². The van der Waals surface area contributed by atoms with E-state index in [1.807, 2.05) is 6.92 Å². The molecule has 35 heavy (non-hydrogen) atoms. The molecule has 208 valence electrons. The lowest BCUT2D eigenvalue weighted by molar-refractivity contribution is -0.123. The third kappa shape index (κ3) is 27.4. The fraction of sp³-hybridized carbons (Fsp3) is 0.935. The quantitative estimate of drug-likeness (QED) is 0.112. The van der Waals surface area contributed by atoms with Gasteiger partial charge in [0.25, 0.3) is 0 Å². The zero-order valence-corrected chi connectivity index (χ0v) is 24.1. The minimum Gasteiger partial charge on any atom is -0.354 e. The molecule has 0 aliphatic heterocycles. The smallest absolute Gasteiger partial charge is 0.220 e. The topological polar surface area (TPSA) is 58.2 Å². The maximum Gasteiger partial charge on any atom is 0.220 e. The van der Waals surface area contributed by atoms with Crippen LogP contribution in [0.5, 0.6) is 0 Å². The van der Waals surface area contributed by atoms with Crippen LogP contribution in [0.4, 0.5) is 0 Å². The van der Waals surface area contributed by atoms with E-state index < -0.39 is 0 Å². The largest absolute Gasteiger partial charge is 0.354 e. The van der Waals surface area contributed by atoms with Gasteiger partial charge in [0.2, 0.25) is 11.8 Å². The number of hydrogen-bond donors (Lipinski definition) is 2. The monoisotopic (exact) mass is 494 g/mol. The molecule has 0 aromatic carbocycles. The van der Waals surface area contributed by atoms with E-state index in [-0.39, 0.29) is 17.9 Å². The van der Waals surface area contributed by atoms with Gasteiger partial charge in [-0.05, 0) is 19.8 Å². The Hall–Kier alpha value is -1.06. The van der Waals surface area contributed by atoms with Gasteiger partial charge in [-0.1, -0.05) is 142 Å². The Balaban J connectivity index is 3.43. The van der Waals surface area contributed by atoms with Gasteiger partial charge in [-0.2, -0.15) is 0 Å². The molecule has 0 aromatic heterocycles. The summed E-state index contributed by atoms with van der Waals surface area (Å²) < 4.78 is 0. The van der Waals surface area contributed by atoms with Gasteiger partial charge < -0.3 is 10.6 Å². The molecule has 4 heteroatoms. The Labute approximate surface area is 219 Å². The van der Waals surface area contributed by atoms with Gasteiger partial charge in [0.15, 0.2) is 0 Å². The Kier molecular flexibility index (Phi) is 26.7. The highest BCUT2D eigenvalue weighted by molar-refractivity contribution is 5.77. The molecule has 0 aromatic rings. The zero-order valence-electron chi connectivity index (χ0n) is 24.1. The van der Waals surface area contributed by atoms with Crippen molar-refractivity contribution in [2.24, 2.45) is 0 Å². The van der Waals surface area contributed by atoms with Crippen LogP contribution >= 0.6 is 0 Å². The molecule has 0 saturated carbocycles. The molecular weight excluding hydrogens is 432 g/mol. The Morgan fingerprint density at radius 1 is 0.486 bits per heavy atom. The SMILES string of the molecule is CCCCCCCCCCCCCC(=O)NCC(C)NC(=O)CCCCCCCCCCCCC. The predicted octanol–water partition coefficient (Wildman–Crippen LogP) is 9.01. The molecular formula is C31H62N2O2. The van der Waals surface area contributed by atoms with Crippen molar-refractivity contribution in [2.45, 2.75) is 181 Å². The first-order valence-corrected chi connectivity index (χ1v) is 15.7. The van der Waals surface area contributed by atoms with E-state index in [9.17, 15) is 9.59 Å². The average Bonchev–Trinajstić information content (AvgIpc) is 2.84. The number of rotatable bonds is 27. The van der Waals surface area contributed by atoms with Crippen LogP contribution in [0.15, 0.2) is 0 Å². The van der Waals surface area contributed by atoms with E-state index in [4.69, 9.17) is 0 Å². The third-order valence-electron chi connectivity index (χ3n) is 7.03. The lowest BCUT2D eigenvalue weighted by atomic mass is 10.1. The van der Waals surface area contributed by atoms with Crippen LogP contribution in [0.2, 0.25) is 0 Å². The summed E-state index contributed by atoms with van der Waals surface area (Å²) in [4.78, 5) is 24.2. The van der Waals surface area contributed by atoms with Crippen LogP contribution in [0, 0.1) is 0 Å². The molecule has 0 radical (unpaired) electrons. The van der Waals surface area contributed by atoms with Crippen molar-refractivity contribution in [3.8, 4) is 0 Å². The highest BCUT2D eigenvalue weighted by Crippen LogP contribution is 2.13. The van der Waals surface area contributed by atoms with Gasteiger partial charge in [-0.25, -0.2) is 0 Å². The highest BCUT2D eigenvalue weighted by Gasteiger charge is 2.09. The Morgan fingerprint density at radius 2 is 0.800 bits per heavy atom. The first kappa shape index (κ1) is 33.9. The predicted molar refractivity (Wildman–Crippen MR) is 153 cm³/mol. The second-order valence-electron chi connectivity index (χ2n) is 10.8. The van der Waals surface area contributed by atoms with Gasteiger partial charge in [-0.3, -0.25) is 9.59 Å². The zero-order chi connectivity index (χ0) is 25.8. The Morgan fingerprint density at radius 3 is 1.17 bits per heavy atom. The van der Waals surface area contributed by atoms with Crippen LogP contribution in [-0.4, -0.2) is 24.4 Å². The molecule has 0 spiro atoms. The molecule has 0 fully saturated rings. The fourth-order valence-electron chi connectivity index (χ4n) is 4.65. The molecule has 2 N–H and O–H groups in total. The molecule has 0 aliphatic rings. The van der Waals surface area contributed by atoms with Crippen LogP contribution in [-0.2, 0) is 9.59 Å². The second-order valence-corrected chi connectivity index (χ2v) is 10.8. The summed E-state index contributed by atoms with van der Waals surface area (Å²) in [6.45, 7) is 7.03. The highest BCUT2D eigenvalue weighted by atomic mass is 16.2. The minimum atomic E-state index is -0.00326. The van der Waals surface area contributed by atoms with Crippen LogP contribution in [0.1, 0.15) is 175 Å². The lowest BCUT2D eigenvalue weighted by Crippen LogP contribution is -2.41. The minimum absolute atomic E-state index is 0.00326. The van der Waals surface area contributed by atoms with Gasteiger partial charge in [0, 0.05) is 25.4 Å². The molecule has 0 bridgehead atoms. The van der Waals surface area contributed by atoms with Crippen LogP contribution in [0.3, 0.4) is 0 Å². The molecule has 0 heterocycles. The van der Waals surface area contributed by atoms with E-state index in [1.54, 1.807) is 0 Å². The van der Waals surface area contributed by atoms with Crippen LogP contribution < -0.4 is 10.6 Å². The summed E-state index contributed by atoms with van der Waals surface area (Å²) >= 11 is 0. The first-order chi connectivity index (χ1) is 17.1. The molecule has 0 saturated heterocycles. The van der Waals surface area contributed by atoms with Crippen molar-refractivity contribution in [1.82, 2.24) is 10.6 Å². The summed E-state index contributed by atoms with van der Waals surface area (Å²) in [6, 6.07) is -0.00326. The van der Waals surface area contributed by atoms with Gasteiger partial charge in [0.05, 0.1) is 0 Å². The van der Waals surface area contributed by atoms with Crippen molar-refractivity contribution in [3.05, 3.63) is 0 Å². The summed E-state index contributed by atoms with van der Waals surface area (Å²) in [5.74, 6) is 0.237. The number of carbonyl (C=O) groups excluding carboxylic acids is 2. The van der Waals surface area contributed by atoms with E-state index in [0.717, 1.165) is 25.7 Å².